The van der Waals surface area contributed by atoms with Crippen molar-refractivity contribution in [1.82, 2.24) is 35.3 Å². The summed E-state index contributed by atoms with van der Waals surface area (Å²) in [7, 11) is 0. The van der Waals surface area contributed by atoms with Crippen LogP contribution in [-0.4, -0.2) is 81.3 Å². The number of ether oxygens (including phenoxy) is 1. The Balaban J connectivity index is 1.46. The molecule has 0 unspecified atom stereocenters. The highest BCUT2D eigenvalue weighted by atomic mass is 16.5. The number of nitrogens with zero attached hydrogens (tertiary/aromatic N) is 6. The zero-order chi connectivity index (χ0) is 20.6. The number of carbonyl (C=O) groups excluding carboxylic acids is 2. The fourth-order valence-electron chi connectivity index (χ4n) is 3.12. The molecule has 2 heterocycles. The summed E-state index contributed by atoms with van der Waals surface area (Å²) in [6.45, 7) is 7.71. The van der Waals surface area contributed by atoms with Crippen LogP contribution in [0.4, 0.5) is 4.79 Å². The standard InChI is InChI=1S/C19H27N7O3/c1-3-29-18(27)8-9-20-19(28)25-12-10-24(11-13-25)14-17-21-22-23-26(17)16-6-4-15(2)5-7-16/h4-7H,3,8-14H2,1-2H3,(H,20,28). The predicted octanol–water partition coefficient (Wildman–Crippen LogP) is 0.751. The molecule has 2 aromatic rings. The molecule has 0 radical (unpaired) electrons. The van der Waals surface area contributed by atoms with Gasteiger partial charge in [-0.2, -0.15) is 4.68 Å². The molecule has 29 heavy (non-hydrogen) atoms. The second-order valence-corrected chi connectivity index (χ2v) is 6.89. The lowest BCUT2D eigenvalue weighted by atomic mass is 10.2. The van der Waals surface area contributed by atoms with Gasteiger partial charge in [-0.25, -0.2) is 4.79 Å². The predicted molar refractivity (Wildman–Crippen MR) is 105 cm³/mol. The molecule has 10 heteroatoms. The molecule has 1 aliphatic rings. The average molecular weight is 401 g/mol. The summed E-state index contributed by atoms with van der Waals surface area (Å²) in [4.78, 5) is 27.5. The van der Waals surface area contributed by atoms with Gasteiger partial charge in [-0.05, 0) is 36.4 Å². The molecule has 0 aliphatic carbocycles. The lowest BCUT2D eigenvalue weighted by Gasteiger charge is -2.34. The number of rotatable bonds is 7. The van der Waals surface area contributed by atoms with E-state index in [9.17, 15) is 9.59 Å². The van der Waals surface area contributed by atoms with Crippen molar-refractivity contribution in [3.63, 3.8) is 0 Å². The summed E-state index contributed by atoms with van der Waals surface area (Å²) in [6, 6.07) is 7.89. The van der Waals surface area contributed by atoms with E-state index in [1.165, 1.54) is 5.56 Å². The van der Waals surface area contributed by atoms with Crippen LogP contribution in [0.1, 0.15) is 24.7 Å². The summed E-state index contributed by atoms with van der Waals surface area (Å²) < 4.78 is 6.60. The van der Waals surface area contributed by atoms with E-state index in [0.717, 1.165) is 24.6 Å². The minimum absolute atomic E-state index is 0.154. The van der Waals surface area contributed by atoms with Crippen molar-refractivity contribution >= 4 is 12.0 Å². The van der Waals surface area contributed by atoms with Crippen LogP contribution in [0.25, 0.3) is 5.69 Å². The number of benzene rings is 1. The van der Waals surface area contributed by atoms with Gasteiger partial charge in [0.25, 0.3) is 0 Å². The Kier molecular flexibility index (Phi) is 7.12. The Morgan fingerprint density at radius 2 is 1.86 bits per heavy atom. The van der Waals surface area contributed by atoms with E-state index < -0.39 is 0 Å². The Bertz CT molecular complexity index is 813. The fourth-order valence-corrected chi connectivity index (χ4v) is 3.12. The van der Waals surface area contributed by atoms with E-state index in [1.54, 1.807) is 16.5 Å². The van der Waals surface area contributed by atoms with Crippen molar-refractivity contribution in [3.05, 3.63) is 35.7 Å². The first kappa shape index (κ1) is 20.7. The molecular formula is C19H27N7O3. The largest absolute Gasteiger partial charge is 0.466 e. The van der Waals surface area contributed by atoms with Crippen LogP contribution in [0.5, 0.6) is 0 Å². The number of esters is 1. The topological polar surface area (TPSA) is 105 Å². The van der Waals surface area contributed by atoms with Crippen LogP contribution in [0.3, 0.4) is 0 Å². The smallest absolute Gasteiger partial charge is 0.317 e. The lowest BCUT2D eigenvalue weighted by Crippen LogP contribution is -2.51. The van der Waals surface area contributed by atoms with Gasteiger partial charge in [0.2, 0.25) is 0 Å². The van der Waals surface area contributed by atoms with E-state index in [1.807, 2.05) is 31.2 Å². The number of piperazine rings is 1. The zero-order valence-electron chi connectivity index (χ0n) is 16.9. The Morgan fingerprint density at radius 1 is 1.14 bits per heavy atom. The van der Waals surface area contributed by atoms with Crippen molar-refractivity contribution < 1.29 is 14.3 Å². The van der Waals surface area contributed by atoms with Crippen LogP contribution in [0.2, 0.25) is 0 Å². The molecular weight excluding hydrogens is 374 g/mol. The zero-order valence-corrected chi connectivity index (χ0v) is 16.9. The summed E-state index contributed by atoms with van der Waals surface area (Å²) in [6.07, 6.45) is 0.182. The number of hydrogen-bond acceptors (Lipinski definition) is 7. The molecule has 3 rings (SSSR count). The first-order chi connectivity index (χ1) is 14.1. The summed E-state index contributed by atoms with van der Waals surface area (Å²) in [5, 5.41) is 14.8. The third-order valence-electron chi connectivity index (χ3n) is 4.75. The highest BCUT2D eigenvalue weighted by Gasteiger charge is 2.22. The number of hydrogen-bond donors (Lipinski definition) is 1. The first-order valence-electron chi connectivity index (χ1n) is 9.82. The molecule has 1 aromatic carbocycles. The van der Waals surface area contributed by atoms with Gasteiger partial charge in [-0.3, -0.25) is 9.69 Å². The second-order valence-electron chi connectivity index (χ2n) is 6.89. The lowest BCUT2D eigenvalue weighted by molar-refractivity contribution is -0.142. The molecule has 0 atom stereocenters. The number of nitrogens with one attached hydrogen (secondary N) is 1. The van der Waals surface area contributed by atoms with Crippen molar-refractivity contribution in [3.8, 4) is 5.69 Å². The molecule has 1 fully saturated rings. The maximum Gasteiger partial charge on any atom is 0.317 e. The maximum absolute atomic E-state index is 12.2. The number of amides is 2. The van der Waals surface area contributed by atoms with Crippen molar-refractivity contribution in [2.75, 3.05) is 39.3 Å². The van der Waals surface area contributed by atoms with Crippen LogP contribution in [0.15, 0.2) is 24.3 Å². The van der Waals surface area contributed by atoms with Crippen molar-refractivity contribution in [2.24, 2.45) is 0 Å². The first-order valence-corrected chi connectivity index (χ1v) is 9.82. The van der Waals surface area contributed by atoms with Gasteiger partial charge in [-0.15, -0.1) is 5.10 Å². The second kappa shape index (κ2) is 9.97. The molecule has 0 bridgehead atoms. The van der Waals surface area contributed by atoms with Gasteiger partial charge in [-0.1, -0.05) is 17.7 Å². The van der Waals surface area contributed by atoms with Gasteiger partial charge in [0.1, 0.15) is 0 Å². The molecule has 2 amide bonds. The van der Waals surface area contributed by atoms with Gasteiger partial charge in [0, 0.05) is 32.7 Å². The highest BCUT2D eigenvalue weighted by molar-refractivity contribution is 5.75. The number of carbonyl (C=O) groups is 2. The van der Waals surface area contributed by atoms with Gasteiger partial charge < -0.3 is 15.0 Å². The Labute approximate surface area is 169 Å². The normalized spacial score (nSPS) is 14.6. The molecule has 1 saturated heterocycles. The van der Waals surface area contributed by atoms with Crippen LogP contribution in [-0.2, 0) is 16.1 Å². The van der Waals surface area contributed by atoms with E-state index in [4.69, 9.17) is 4.74 Å². The fraction of sp³-hybridized carbons (Fsp3) is 0.526. The molecule has 1 N–H and O–H groups in total. The van der Waals surface area contributed by atoms with Crippen molar-refractivity contribution in [1.29, 1.82) is 0 Å². The van der Waals surface area contributed by atoms with E-state index in [0.29, 0.717) is 26.2 Å². The van der Waals surface area contributed by atoms with Gasteiger partial charge in [0.15, 0.2) is 5.82 Å². The minimum atomic E-state index is -0.302. The Hall–Kier alpha value is -3.01. The molecule has 0 saturated carbocycles. The van der Waals surface area contributed by atoms with E-state index in [-0.39, 0.29) is 25.0 Å². The van der Waals surface area contributed by atoms with Crippen molar-refractivity contribution in [2.45, 2.75) is 26.8 Å². The van der Waals surface area contributed by atoms with E-state index >= 15 is 0 Å². The summed E-state index contributed by atoms with van der Waals surface area (Å²) in [5.41, 5.74) is 2.11. The molecule has 1 aromatic heterocycles. The molecule has 156 valence electrons. The minimum Gasteiger partial charge on any atom is -0.466 e. The van der Waals surface area contributed by atoms with Gasteiger partial charge in [0.05, 0.1) is 25.3 Å². The average Bonchev–Trinajstić information content (AvgIpc) is 3.17. The van der Waals surface area contributed by atoms with E-state index in [2.05, 4.69) is 25.7 Å². The number of aromatic nitrogens is 4. The Morgan fingerprint density at radius 3 is 2.55 bits per heavy atom. The quantitative estimate of drug-likeness (QED) is 0.683. The van der Waals surface area contributed by atoms with Crippen LogP contribution >= 0.6 is 0 Å². The summed E-state index contributed by atoms with van der Waals surface area (Å²) >= 11 is 0. The summed E-state index contributed by atoms with van der Waals surface area (Å²) in [5.74, 6) is 0.463. The van der Waals surface area contributed by atoms with Crippen LogP contribution < -0.4 is 5.32 Å². The third kappa shape index (κ3) is 5.74. The van der Waals surface area contributed by atoms with Crippen LogP contribution in [0, 0.1) is 6.92 Å². The number of aryl methyl sites for hydroxylation is 1. The molecule has 10 nitrogen and oxygen atoms in total. The number of tetrazole rings is 1. The third-order valence-corrected chi connectivity index (χ3v) is 4.75. The number of urea groups is 1. The molecule has 1 aliphatic heterocycles. The maximum atomic E-state index is 12.2. The SMILES string of the molecule is CCOC(=O)CCNC(=O)N1CCN(Cc2nnnn2-c2ccc(C)cc2)CC1. The highest BCUT2D eigenvalue weighted by Crippen LogP contribution is 2.12. The monoisotopic (exact) mass is 401 g/mol. The molecule has 0 spiro atoms. The van der Waals surface area contributed by atoms with Gasteiger partial charge >= 0.3 is 12.0 Å².